The van der Waals surface area contributed by atoms with E-state index in [0.29, 0.717) is 24.7 Å². The molecule has 0 aromatic carbocycles. The number of hydrogen-bond donors (Lipinski definition) is 2. The van der Waals surface area contributed by atoms with Crippen LogP contribution in [-0.4, -0.2) is 30.8 Å². The number of H-pyrrole nitrogens is 1. The number of aromatic nitrogens is 2. The average molecular weight is 280 g/mol. The first-order valence-corrected chi connectivity index (χ1v) is 7.61. The van der Waals surface area contributed by atoms with Crippen molar-refractivity contribution >= 4 is 21.6 Å². The molecule has 0 saturated heterocycles. The molecular weight excluding hydrogens is 262 g/mol. The van der Waals surface area contributed by atoms with E-state index in [1.165, 1.54) is 6.20 Å². The molecule has 2 N–H and O–H groups in total. The van der Waals surface area contributed by atoms with Crippen LogP contribution in [0.15, 0.2) is 11.2 Å². The first kappa shape index (κ1) is 14.5. The maximum absolute atomic E-state index is 11.9. The number of nitrogens with zero attached hydrogens (tertiary/aromatic N) is 1. The number of nitrogens with one attached hydrogen (secondary N) is 2. The van der Waals surface area contributed by atoms with E-state index in [1.807, 2.05) is 13.8 Å². The Kier molecular flexibility index (Phi) is 5.42. The van der Waals surface area contributed by atoms with E-state index in [0.717, 1.165) is 6.42 Å². The Hall–Kier alpha value is -0.590. The van der Waals surface area contributed by atoms with Crippen LogP contribution < -0.4 is 4.72 Å². The van der Waals surface area contributed by atoms with Crippen molar-refractivity contribution < 1.29 is 8.42 Å². The van der Waals surface area contributed by atoms with Crippen LogP contribution in [0.1, 0.15) is 26.1 Å². The zero-order chi connectivity index (χ0) is 12.9. The molecule has 7 heteroatoms. The van der Waals surface area contributed by atoms with Gasteiger partial charge in [0.25, 0.3) is 10.0 Å². The van der Waals surface area contributed by atoms with E-state index in [9.17, 15) is 8.42 Å². The predicted octanol–water partition coefficient (Wildman–Crippen LogP) is 1.52. The fraction of sp³-hybridized carbons (Fsp3) is 0.700. The zero-order valence-electron chi connectivity index (χ0n) is 10.0. The number of halogens is 1. The number of sulfonamides is 1. The smallest absolute Gasteiger partial charge is 0.257 e. The number of imidazole rings is 1. The van der Waals surface area contributed by atoms with Crippen molar-refractivity contribution in [1.29, 1.82) is 0 Å². The standard InChI is InChI=1S/C10H18ClN3O2S/c1-3-9-12-7-10(14-9)17(15,16)13-6-8(2)4-5-11/h7-8,13H,3-6H2,1-2H3,(H,12,14). The van der Waals surface area contributed by atoms with Gasteiger partial charge in [-0.15, -0.1) is 11.6 Å². The summed E-state index contributed by atoms with van der Waals surface area (Å²) in [4.78, 5) is 6.74. The largest absolute Gasteiger partial charge is 0.332 e. The van der Waals surface area contributed by atoms with Crippen LogP contribution >= 0.6 is 11.6 Å². The van der Waals surface area contributed by atoms with Crippen molar-refractivity contribution in [2.24, 2.45) is 5.92 Å². The van der Waals surface area contributed by atoms with Gasteiger partial charge in [-0.25, -0.2) is 18.1 Å². The van der Waals surface area contributed by atoms with E-state index in [4.69, 9.17) is 11.6 Å². The molecule has 0 amide bonds. The molecule has 5 nitrogen and oxygen atoms in total. The highest BCUT2D eigenvalue weighted by molar-refractivity contribution is 7.89. The lowest BCUT2D eigenvalue weighted by Crippen LogP contribution is -2.28. The fourth-order valence-electron chi connectivity index (χ4n) is 1.28. The van der Waals surface area contributed by atoms with Crippen molar-refractivity contribution in [3.8, 4) is 0 Å². The highest BCUT2D eigenvalue weighted by Crippen LogP contribution is 2.08. The molecule has 0 aliphatic carbocycles. The van der Waals surface area contributed by atoms with Gasteiger partial charge in [0.2, 0.25) is 0 Å². The third-order valence-electron chi connectivity index (χ3n) is 2.45. The minimum Gasteiger partial charge on any atom is -0.332 e. The molecule has 1 heterocycles. The van der Waals surface area contributed by atoms with Gasteiger partial charge < -0.3 is 4.98 Å². The van der Waals surface area contributed by atoms with Crippen LogP contribution in [0.3, 0.4) is 0 Å². The first-order chi connectivity index (χ1) is 7.99. The molecule has 1 rings (SSSR count). The van der Waals surface area contributed by atoms with Crippen molar-refractivity contribution in [2.45, 2.75) is 31.7 Å². The number of hydrogen-bond acceptors (Lipinski definition) is 3. The van der Waals surface area contributed by atoms with Crippen LogP contribution in [0.2, 0.25) is 0 Å². The quantitative estimate of drug-likeness (QED) is 0.743. The summed E-state index contributed by atoms with van der Waals surface area (Å²) < 4.78 is 26.2. The molecule has 98 valence electrons. The third kappa shape index (κ3) is 4.29. The van der Waals surface area contributed by atoms with Crippen molar-refractivity contribution in [3.63, 3.8) is 0 Å². The summed E-state index contributed by atoms with van der Waals surface area (Å²) in [6.45, 7) is 4.25. The molecule has 0 spiro atoms. The van der Waals surface area contributed by atoms with Gasteiger partial charge in [-0.1, -0.05) is 13.8 Å². The highest BCUT2D eigenvalue weighted by Gasteiger charge is 2.17. The average Bonchev–Trinajstić information content (AvgIpc) is 2.76. The van der Waals surface area contributed by atoms with Gasteiger partial charge >= 0.3 is 0 Å². The van der Waals surface area contributed by atoms with E-state index < -0.39 is 10.0 Å². The van der Waals surface area contributed by atoms with Gasteiger partial charge in [-0.3, -0.25) is 0 Å². The van der Waals surface area contributed by atoms with Crippen LogP contribution in [0.5, 0.6) is 0 Å². The van der Waals surface area contributed by atoms with Crippen LogP contribution in [-0.2, 0) is 16.4 Å². The second kappa shape index (κ2) is 6.37. The summed E-state index contributed by atoms with van der Waals surface area (Å²) in [6.07, 6.45) is 2.80. The Morgan fingerprint density at radius 3 is 2.82 bits per heavy atom. The molecule has 1 aromatic rings. The second-order valence-corrected chi connectivity index (χ2v) is 6.10. The normalized spacial score (nSPS) is 13.8. The Labute approximate surface area is 107 Å². The van der Waals surface area contributed by atoms with E-state index >= 15 is 0 Å². The number of rotatable bonds is 7. The monoisotopic (exact) mass is 279 g/mol. The lowest BCUT2D eigenvalue weighted by Gasteiger charge is -2.10. The SMILES string of the molecule is CCc1ncc(S(=O)(=O)NCC(C)CCCl)[nH]1. The van der Waals surface area contributed by atoms with Gasteiger partial charge in [0, 0.05) is 18.8 Å². The maximum Gasteiger partial charge on any atom is 0.257 e. The molecule has 1 aromatic heterocycles. The lowest BCUT2D eigenvalue weighted by atomic mass is 10.1. The van der Waals surface area contributed by atoms with Gasteiger partial charge in [0.15, 0.2) is 5.03 Å². The first-order valence-electron chi connectivity index (χ1n) is 5.59. The molecule has 1 unspecified atom stereocenters. The van der Waals surface area contributed by atoms with Gasteiger partial charge in [0.05, 0.1) is 6.20 Å². The van der Waals surface area contributed by atoms with Crippen molar-refractivity contribution in [1.82, 2.24) is 14.7 Å². The minimum atomic E-state index is -3.47. The summed E-state index contributed by atoms with van der Waals surface area (Å²) in [6, 6.07) is 0. The Balaban J connectivity index is 2.62. The van der Waals surface area contributed by atoms with E-state index in [2.05, 4.69) is 14.7 Å². The Bertz CT molecular complexity index is 444. The second-order valence-electron chi connectivity index (χ2n) is 3.98. The Morgan fingerprint density at radius 1 is 1.59 bits per heavy atom. The van der Waals surface area contributed by atoms with Crippen LogP contribution in [0.4, 0.5) is 0 Å². The van der Waals surface area contributed by atoms with Gasteiger partial charge in [-0.05, 0) is 12.3 Å². The third-order valence-corrected chi connectivity index (χ3v) is 4.00. The zero-order valence-corrected chi connectivity index (χ0v) is 11.6. The summed E-state index contributed by atoms with van der Waals surface area (Å²) in [5, 5.41) is 0.118. The van der Waals surface area contributed by atoms with Crippen molar-refractivity contribution in [2.75, 3.05) is 12.4 Å². The summed E-state index contributed by atoms with van der Waals surface area (Å²) in [7, 11) is -3.47. The summed E-state index contributed by atoms with van der Waals surface area (Å²) >= 11 is 5.59. The number of aryl methyl sites for hydroxylation is 1. The lowest BCUT2D eigenvalue weighted by molar-refractivity contribution is 0.528. The molecule has 0 saturated carbocycles. The van der Waals surface area contributed by atoms with Crippen LogP contribution in [0, 0.1) is 5.92 Å². The van der Waals surface area contributed by atoms with Gasteiger partial charge in [0.1, 0.15) is 5.82 Å². The molecule has 1 atom stereocenters. The maximum atomic E-state index is 11.9. The number of aromatic amines is 1. The van der Waals surface area contributed by atoms with E-state index in [1.54, 1.807) is 0 Å². The fourth-order valence-corrected chi connectivity index (χ4v) is 2.75. The Morgan fingerprint density at radius 2 is 2.29 bits per heavy atom. The molecule has 0 aliphatic heterocycles. The summed E-state index contributed by atoms with van der Waals surface area (Å²) in [5.41, 5.74) is 0. The summed E-state index contributed by atoms with van der Waals surface area (Å²) in [5.74, 6) is 1.42. The topological polar surface area (TPSA) is 74.8 Å². The molecule has 0 bridgehead atoms. The van der Waals surface area contributed by atoms with Gasteiger partial charge in [-0.2, -0.15) is 0 Å². The molecule has 0 aliphatic rings. The molecule has 0 radical (unpaired) electrons. The molecule has 0 fully saturated rings. The molecular formula is C10H18ClN3O2S. The van der Waals surface area contributed by atoms with Crippen molar-refractivity contribution in [3.05, 3.63) is 12.0 Å². The highest BCUT2D eigenvalue weighted by atomic mass is 35.5. The van der Waals surface area contributed by atoms with E-state index in [-0.39, 0.29) is 10.9 Å². The predicted molar refractivity (Wildman–Crippen MR) is 67.7 cm³/mol. The molecule has 17 heavy (non-hydrogen) atoms. The number of alkyl halides is 1. The van der Waals surface area contributed by atoms with Crippen LogP contribution in [0.25, 0.3) is 0 Å². The minimum absolute atomic E-state index is 0.118.